The smallest absolute Gasteiger partial charge is 0.155 e. The Labute approximate surface area is 89.6 Å². The summed E-state index contributed by atoms with van der Waals surface area (Å²) in [5.41, 5.74) is 0.368. The molecule has 1 unspecified atom stereocenters. The third-order valence-corrected chi connectivity index (χ3v) is 4.76. The molecule has 0 aliphatic heterocycles. The summed E-state index contributed by atoms with van der Waals surface area (Å²) in [5.74, 6) is 0. The summed E-state index contributed by atoms with van der Waals surface area (Å²) in [6, 6.07) is 1.61. The SMILES string of the molecule is Cn1ccc(C(O)C(C)(C)S(C)(=O)=O)n1. The number of hydrogen-bond acceptors (Lipinski definition) is 4. The Hall–Kier alpha value is -0.880. The molecule has 0 radical (unpaired) electrons. The number of sulfone groups is 1. The molecule has 1 heterocycles. The van der Waals surface area contributed by atoms with Crippen LogP contribution in [0.4, 0.5) is 0 Å². The van der Waals surface area contributed by atoms with E-state index in [1.54, 1.807) is 19.3 Å². The lowest BCUT2D eigenvalue weighted by molar-refractivity contribution is 0.134. The molecule has 1 rings (SSSR count). The second-order valence-electron chi connectivity index (χ2n) is 4.19. The monoisotopic (exact) mass is 232 g/mol. The van der Waals surface area contributed by atoms with Crippen molar-refractivity contribution in [2.75, 3.05) is 6.26 Å². The van der Waals surface area contributed by atoms with E-state index in [4.69, 9.17) is 0 Å². The molecule has 0 saturated heterocycles. The van der Waals surface area contributed by atoms with Gasteiger partial charge in [-0.05, 0) is 19.9 Å². The number of nitrogens with zero attached hydrogens (tertiary/aromatic N) is 2. The van der Waals surface area contributed by atoms with Crippen molar-refractivity contribution in [1.29, 1.82) is 0 Å². The first-order valence-corrected chi connectivity index (χ1v) is 6.42. The van der Waals surface area contributed by atoms with E-state index < -0.39 is 20.7 Å². The van der Waals surface area contributed by atoms with Crippen LogP contribution in [0.15, 0.2) is 12.3 Å². The topological polar surface area (TPSA) is 72.2 Å². The first-order valence-electron chi connectivity index (χ1n) is 4.53. The predicted octanol–water partition coefficient (Wildman–Crippen LogP) is 0.277. The zero-order valence-electron chi connectivity index (χ0n) is 9.30. The Kier molecular flexibility index (Phi) is 2.93. The first-order chi connectivity index (χ1) is 6.66. The van der Waals surface area contributed by atoms with Gasteiger partial charge in [0.2, 0.25) is 0 Å². The van der Waals surface area contributed by atoms with Gasteiger partial charge < -0.3 is 5.11 Å². The number of aliphatic hydroxyl groups excluding tert-OH is 1. The molecule has 1 atom stereocenters. The summed E-state index contributed by atoms with van der Waals surface area (Å²) in [4.78, 5) is 0. The van der Waals surface area contributed by atoms with E-state index in [1.807, 2.05) is 0 Å². The van der Waals surface area contributed by atoms with Crippen LogP contribution in [0.3, 0.4) is 0 Å². The molecule has 0 aliphatic rings. The van der Waals surface area contributed by atoms with Crippen LogP contribution in [0.1, 0.15) is 25.6 Å². The van der Waals surface area contributed by atoms with Crippen LogP contribution < -0.4 is 0 Å². The number of hydrogen-bond donors (Lipinski definition) is 1. The maximum Gasteiger partial charge on any atom is 0.155 e. The second kappa shape index (κ2) is 3.61. The normalized spacial score (nSPS) is 15.3. The van der Waals surface area contributed by atoms with Crippen molar-refractivity contribution < 1.29 is 13.5 Å². The van der Waals surface area contributed by atoms with E-state index in [2.05, 4.69) is 5.10 Å². The lowest BCUT2D eigenvalue weighted by atomic mass is 10.0. The van der Waals surface area contributed by atoms with Gasteiger partial charge in [0.25, 0.3) is 0 Å². The van der Waals surface area contributed by atoms with Gasteiger partial charge in [-0.25, -0.2) is 8.42 Å². The highest BCUT2D eigenvalue weighted by Crippen LogP contribution is 2.30. The second-order valence-corrected chi connectivity index (χ2v) is 6.79. The van der Waals surface area contributed by atoms with Gasteiger partial charge in [0.05, 0.1) is 10.4 Å². The van der Waals surface area contributed by atoms with Crippen molar-refractivity contribution in [3.05, 3.63) is 18.0 Å². The first kappa shape index (κ1) is 12.2. The van der Waals surface area contributed by atoms with Crippen molar-refractivity contribution in [3.63, 3.8) is 0 Å². The summed E-state index contributed by atoms with van der Waals surface area (Å²) in [6.45, 7) is 2.98. The summed E-state index contributed by atoms with van der Waals surface area (Å²) in [7, 11) is -1.63. The minimum atomic E-state index is -3.34. The van der Waals surface area contributed by atoms with Crippen LogP contribution in [0.2, 0.25) is 0 Å². The third-order valence-electron chi connectivity index (χ3n) is 2.63. The fourth-order valence-electron chi connectivity index (χ4n) is 1.14. The predicted molar refractivity (Wildman–Crippen MR) is 57.1 cm³/mol. The van der Waals surface area contributed by atoms with Gasteiger partial charge >= 0.3 is 0 Å². The molecule has 0 aromatic carbocycles. The number of aromatic nitrogens is 2. The van der Waals surface area contributed by atoms with Crippen LogP contribution in [-0.2, 0) is 16.9 Å². The molecule has 0 saturated carbocycles. The Morgan fingerprint density at radius 3 is 2.40 bits per heavy atom. The molecule has 0 spiro atoms. The van der Waals surface area contributed by atoms with Gasteiger partial charge in [-0.2, -0.15) is 5.10 Å². The van der Waals surface area contributed by atoms with E-state index in [0.29, 0.717) is 5.69 Å². The summed E-state index contributed by atoms with van der Waals surface area (Å²) < 4.78 is 23.2. The van der Waals surface area contributed by atoms with Gasteiger partial charge in [-0.1, -0.05) is 0 Å². The van der Waals surface area contributed by atoms with Crippen LogP contribution in [-0.4, -0.2) is 34.3 Å². The number of rotatable bonds is 3. The van der Waals surface area contributed by atoms with Crippen molar-refractivity contribution in [1.82, 2.24) is 9.78 Å². The minimum absolute atomic E-state index is 0.368. The zero-order chi connectivity index (χ0) is 11.9. The molecule has 0 bridgehead atoms. The van der Waals surface area contributed by atoms with Gasteiger partial charge in [-0.15, -0.1) is 0 Å². The molecule has 1 aromatic heterocycles. The lowest BCUT2D eigenvalue weighted by Gasteiger charge is -2.27. The Morgan fingerprint density at radius 2 is 2.07 bits per heavy atom. The molecule has 0 amide bonds. The van der Waals surface area contributed by atoms with Gasteiger partial charge in [-0.3, -0.25) is 4.68 Å². The van der Waals surface area contributed by atoms with Gasteiger partial charge in [0.15, 0.2) is 9.84 Å². The summed E-state index contributed by atoms with van der Waals surface area (Å²) in [5, 5.41) is 13.9. The Bertz CT molecular complexity index is 448. The van der Waals surface area contributed by atoms with Gasteiger partial charge in [0, 0.05) is 19.5 Å². The van der Waals surface area contributed by atoms with E-state index in [0.717, 1.165) is 6.26 Å². The highest BCUT2D eigenvalue weighted by Gasteiger charge is 2.40. The van der Waals surface area contributed by atoms with E-state index in [1.165, 1.54) is 18.5 Å². The Balaban J connectivity index is 3.10. The maximum absolute atomic E-state index is 11.5. The van der Waals surface area contributed by atoms with E-state index >= 15 is 0 Å². The minimum Gasteiger partial charge on any atom is -0.385 e. The molecule has 0 fully saturated rings. The van der Waals surface area contributed by atoms with Crippen LogP contribution in [0.25, 0.3) is 0 Å². The quantitative estimate of drug-likeness (QED) is 0.812. The summed E-state index contributed by atoms with van der Waals surface area (Å²) in [6.07, 6.45) is 1.66. The largest absolute Gasteiger partial charge is 0.385 e. The van der Waals surface area contributed by atoms with Crippen LogP contribution >= 0.6 is 0 Å². The molecule has 15 heavy (non-hydrogen) atoms. The number of aliphatic hydroxyl groups is 1. The highest BCUT2D eigenvalue weighted by molar-refractivity contribution is 7.92. The van der Waals surface area contributed by atoms with E-state index in [-0.39, 0.29) is 0 Å². The average Bonchev–Trinajstić information content (AvgIpc) is 2.48. The fraction of sp³-hybridized carbons (Fsp3) is 0.667. The molecule has 1 aromatic rings. The molecule has 86 valence electrons. The third kappa shape index (κ3) is 2.21. The molecular weight excluding hydrogens is 216 g/mol. The average molecular weight is 232 g/mol. The van der Waals surface area contributed by atoms with E-state index in [9.17, 15) is 13.5 Å². The van der Waals surface area contributed by atoms with Crippen molar-refractivity contribution >= 4 is 9.84 Å². The fourth-order valence-corrected chi connectivity index (χ4v) is 1.66. The molecule has 5 nitrogen and oxygen atoms in total. The molecule has 0 aliphatic carbocycles. The lowest BCUT2D eigenvalue weighted by Crippen LogP contribution is -2.38. The molecular formula is C9H16N2O3S. The van der Waals surface area contributed by atoms with Crippen molar-refractivity contribution in [2.45, 2.75) is 24.7 Å². The Morgan fingerprint density at radius 1 is 1.53 bits per heavy atom. The standard InChI is InChI=1S/C9H16N2O3S/c1-9(2,15(4,13)14)8(12)7-5-6-11(3)10-7/h5-6,8,12H,1-4H3. The number of aryl methyl sites for hydroxylation is 1. The van der Waals surface area contributed by atoms with Crippen LogP contribution in [0.5, 0.6) is 0 Å². The molecule has 6 heteroatoms. The maximum atomic E-state index is 11.5. The summed E-state index contributed by atoms with van der Waals surface area (Å²) >= 11 is 0. The van der Waals surface area contributed by atoms with Crippen LogP contribution in [0, 0.1) is 0 Å². The van der Waals surface area contributed by atoms with Gasteiger partial charge in [0.1, 0.15) is 6.10 Å². The zero-order valence-corrected chi connectivity index (χ0v) is 10.1. The van der Waals surface area contributed by atoms with Crippen molar-refractivity contribution in [3.8, 4) is 0 Å². The molecule has 1 N–H and O–H groups in total. The highest BCUT2D eigenvalue weighted by atomic mass is 32.2. The van der Waals surface area contributed by atoms with Crippen molar-refractivity contribution in [2.24, 2.45) is 7.05 Å².